The number of hydrogen-bond acceptors (Lipinski definition) is 4. The Bertz CT molecular complexity index is 792. The summed E-state index contributed by atoms with van der Waals surface area (Å²) in [6.45, 7) is 5.59. The van der Waals surface area contributed by atoms with E-state index in [2.05, 4.69) is 18.8 Å². The molecule has 0 spiro atoms. The number of piperidine rings is 1. The summed E-state index contributed by atoms with van der Waals surface area (Å²) in [5, 5.41) is 10.3. The molecule has 0 bridgehead atoms. The van der Waals surface area contributed by atoms with Crippen LogP contribution < -0.4 is 0 Å². The average molecular weight is 372 g/mol. The summed E-state index contributed by atoms with van der Waals surface area (Å²) in [6, 6.07) is 7.20. The normalized spacial score (nSPS) is 15.4. The molecule has 1 amide bonds. The molecule has 26 heavy (non-hydrogen) atoms. The van der Waals surface area contributed by atoms with Crippen LogP contribution in [0.25, 0.3) is 0 Å². The second kappa shape index (κ2) is 7.99. The van der Waals surface area contributed by atoms with Crippen molar-refractivity contribution in [3.63, 3.8) is 0 Å². The smallest absolute Gasteiger partial charge is 0.335 e. The lowest BCUT2D eigenvalue weighted by molar-refractivity contribution is 0.0694. The van der Waals surface area contributed by atoms with Gasteiger partial charge in [0.25, 0.3) is 5.91 Å². The van der Waals surface area contributed by atoms with E-state index < -0.39 is 5.97 Å². The SMILES string of the molecule is CC(C)c1ncc(C(=O)N2CCC(Cc3ccccc3C(=O)O)CC2)s1. The number of aromatic carboxylic acids is 1. The Hall–Kier alpha value is -2.21. The molecule has 0 saturated carbocycles. The van der Waals surface area contributed by atoms with E-state index in [0.29, 0.717) is 35.4 Å². The molecule has 0 aliphatic carbocycles. The van der Waals surface area contributed by atoms with Gasteiger partial charge in [0.2, 0.25) is 0 Å². The number of aromatic nitrogens is 1. The summed E-state index contributed by atoms with van der Waals surface area (Å²) in [5.41, 5.74) is 1.27. The highest BCUT2D eigenvalue weighted by Gasteiger charge is 2.26. The first kappa shape index (κ1) is 18.6. The van der Waals surface area contributed by atoms with Crippen LogP contribution in [0.15, 0.2) is 30.5 Å². The van der Waals surface area contributed by atoms with Gasteiger partial charge in [0.15, 0.2) is 0 Å². The minimum absolute atomic E-state index is 0.0683. The van der Waals surface area contributed by atoms with Crippen molar-refractivity contribution >= 4 is 23.2 Å². The standard InChI is InChI=1S/C20H24N2O3S/c1-13(2)18-21-12-17(26-18)19(23)22-9-7-14(8-10-22)11-15-5-3-4-6-16(15)20(24)25/h3-6,12-14H,7-11H2,1-2H3,(H,24,25). The Kier molecular flexibility index (Phi) is 5.71. The van der Waals surface area contributed by atoms with Crippen molar-refractivity contribution in [1.82, 2.24) is 9.88 Å². The molecule has 0 radical (unpaired) electrons. The Labute approximate surface area is 157 Å². The number of likely N-dealkylation sites (tertiary alicyclic amines) is 1. The molecular formula is C20H24N2O3S. The maximum atomic E-state index is 12.7. The molecule has 5 nitrogen and oxygen atoms in total. The first-order valence-electron chi connectivity index (χ1n) is 9.02. The molecule has 1 N–H and O–H groups in total. The van der Waals surface area contributed by atoms with Crippen LogP contribution >= 0.6 is 11.3 Å². The first-order chi connectivity index (χ1) is 12.5. The van der Waals surface area contributed by atoms with Gasteiger partial charge in [-0.1, -0.05) is 32.0 Å². The van der Waals surface area contributed by atoms with E-state index in [1.807, 2.05) is 17.0 Å². The lowest BCUT2D eigenvalue weighted by Crippen LogP contribution is -2.38. The van der Waals surface area contributed by atoms with Gasteiger partial charge in [-0.2, -0.15) is 0 Å². The van der Waals surface area contributed by atoms with Crippen LogP contribution in [0.4, 0.5) is 0 Å². The van der Waals surface area contributed by atoms with E-state index in [1.54, 1.807) is 18.3 Å². The van der Waals surface area contributed by atoms with E-state index in [9.17, 15) is 14.7 Å². The minimum Gasteiger partial charge on any atom is -0.478 e. The van der Waals surface area contributed by atoms with E-state index in [-0.39, 0.29) is 5.91 Å². The summed E-state index contributed by atoms with van der Waals surface area (Å²) < 4.78 is 0. The first-order valence-corrected chi connectivity index (χ1v) is 9.83. The van der Waals surface area contributed by atoms with Crippen LogP contribution in [0.1, 0.15) is 63.2 Å². The third-order valence-corrected chi connectivity index (χ3v) is 6.17. The number of carboxylic acids is 1. The van der Waals surface area contributed by atoms with E-state index in [1.165, 1.54) is 11.3 Å². The van der Waals surface area contributed by atoms with Crippen LogP contribution in [0.5, 0.6) is 0 Å². The lowest BCUT2D eigenvalue weighted by Gasteiger charge is -2.32. The van der Waals surface area contributed by atoms with Gasteiger partial charge < -0.3 is 10.0 Å². The third kappa shape index (κ3) is 4.12. The van der Waals surface area contributed by atoms with Gasteiger partial charge in [0.05, 0.1) is 16.8 Å². The predicted molar refractivity (Wildman–Crippen MR) is 102 cm³/mol. The Balaban J connectivity index is 1.59. The van der Waals surface area contributed by atoms with Crippen molar-refractivity contribution in [3.05, 3.63) is 51.5 Å². The molecule has 3 rings (SSSR count). The summed E-state index contributed by atoms with van der Waals surface area (Å²) >= 11 is 1.48. The number of carbonyl (C=O) groups excluding carboxylic acids is 1. The number of rotatable bonds is 5. The molecular weight excluding hydrogens is 348 g/mol. The summed E-state index contributed by atoms with van der Waals surface area (Å²) in [4.78, 5) is 31.0. The summed E-state index contributed by atoms with van der Waals surface area (Å²) in [7, 11) is 0. The van der Waals surface area contributed by atoms with Gasteiger partial charge in [0.1, 0.15) is 4.88 Å². The van der Waals surface area contributed by atoms with Gasteiger partial charge in [-0.05, 0) is 36.8 Å². The third-order valence-electron chi connectivity index (χ3n) is 4.89. The molecule has 1 saturated heterocycles. The van der Waals surface area contributed by atoms with Gasteiger partial charge in [-0.3, -0.25) is 4.79 Å². The second-order valence-corrected chi connectivity index (χ2v) is 8.18. The monoisotopic (exact) mass is 372 g/mol. The van der Waals surface area contributed by atoms with Crippen LogP contribution in [-0.2, 0) is 6.42 Å². The zero-order chi connectivity index (χ0) is 18.7. The van der Waals surface area contributed by atoms with E-state index >= 15 is 0 Å². The Morgan fingerprint density at radius 1 is 1.27 bits per heavy atom. The number of hydrogen-bond donors (Lipinski definition) is 1. The Morgan fingerprint density at radius 2 is 1.96 bits per heavy atom. The molecule has 0 atom stereocenters. The van der Waals surface area contributed by atoms with E-state index in [4.69, 9.17) is 0 Å². The number of carboxylic acid groups (broad SMARTS) is 1. The van der Waals surface area contributed by atoms with Gasteiger partial charge in [0, 0.05) is 19.0 Å². The fourth-order valence-corrected chi connectivity index (χ4v) is 4.26. The van der Waals surface area contributed by atoms with Crippen LogP contribution in [0.3, 0.4) is 0 Å². The number of carbonyl (C=O) groups is 2. The molecule has 2 aromatic rings. The van der Waals surface area contributed by atoms with Crippen LogP contribution in [0.2, 0.25) is 0 Å². The van der Waals surface area contributed by atoms with Crippen molar-refractivity contribution in [2.24, 2.45) is 5.92 Å². The van der Waals surface area contributed by atoms with Gasteiger partial charge in [-0.25, -0.2) is 9.78 Å². The van der Waals surface area contributed by atoms with Crippen LogP contribution in [-0.4, -0.2) is 40.0 Å². The van der Waals surface area contributed by atoms with Crippen molar-refractivity contribution in [2.75, 3.05) is 13.1 Å². The maximum absolute atomic E-state index is 12.7. The van der Waals surface area contributed by atoms with Gasteiger partial charge >= 0.3 is 5.97 Å². The highest BCUT2D eigenvalue weighted by atomic mass is 32.1. The summed E-state index contributed by atoms with van der Waals surface area (Å²) in [5.74, 6) is -0.0630. The zero-order valence-corrected chi connectivity index (χ0v) is 16.0. The minimum atomic E-state index is -0.876. The van der Waals surface area contributed by atoms with Crippen LogP contribution in [0, 0.1) is 5.92 Å². The quantitative estimate of drug-likeness (QED) is 0.859. The Morgan fingerprint density at radius 3 is 2.58 bits per heavy atom. The predicted octanol–water partition coefficient (Wildman–Crippen LogP) is 4.06. The zero-order valence-electron chi connectivity index (χ0n) is 15.1. The molecule has 1 aliphatic rings. The number of thiazole rings is 1. The van der Waals surface area contributed by atoms with Crippen molar-refractivity contribution in [3.8, 4) is 0 Å². The molecule has 6 heteroatoms. The molecule has 1 aromatic carbocycles. The highest BCUT2D eigenvalue weighted by Crippen LogP contribution is 2.27. The topological polar surface area (TPSA) is 70.5 Å². The molecule has 2 heterocycles. The van der Waals surface area contributed by atoms with Gasteiger partial charge in [-0.15, -0.1) is 11.3 Å². The molecule has 1 aliphatic heterocycles. The summed E-state index contributed by atoms with van der Waals surface area (Å²) in [6.07, 6.45) is 4.24. The lowest BCUT2D eigenvalue weighted by atomic mass is 9.88. The molecule has 1 aromatic heterocycles. The van der Waals surface area contributed by atoms with E-state index in [0.717, 1.165) is 29.8 Å². The second-order valence-electron chi connectivity index (χ2n) is 7.12. The molecule has 1 fully saturated rings. The molecule has 0 unspecified atom stereocenters. The number of benzene rings is 1. The molecule has 138 valence electrons. The fraction of sp³-hybridized carbons (Fsp3) is 0.450. The largest absolute Gasteiger partial charge is 0.478 e. The fourth-order valence-electron chi connectivity index (χ4n) is 3.37. The van der Waals surface area contributed by atoms with Crippen molar-refractivity contribution in [1.29, 1.82) is 0 Å². The highest BCUT2D eigenvalue weighted by molar-refractivity contribution is 7.13. The van der Waals surface area contributed by atoms with Crippen molar-refractivity contribution < 1.29 is 14.7 Å². The number of amides is 1. The maximum Gasteiger partial charge on any atom is 0.335 e. The van der Waals surface area contributed by atoms with Crippen molar-refractivity contribution in [2.45, 2.75) is 39.0 Å². The average Bonchev–Trinajstić information content (AvgIpc) is 3.12. The number of nitrogens with zero attached hydrogens (tertiary/aromatic N) is 2.